The van der Waals surface area contributed by atoms with Crippen LogP contribution in [0.1, 0.15) is 47.0 Å². The first-order chi connectivity index (χ1) is 5.95. The Morgan fingerprint density at radius 3 is 1.31 bits per heavy atom. The summed E-state index contributed by atoms with van der Waals surface area (Å²) in [5.74, 6) is 0.660. The zero-order valence-corrected chi connectivity index (χ0v) is 9.33. The van der Waals surface area contributed by atoms with E-state index in [1.165, 1.54) is 0 Å². The third-order valence-corrected chi connectivity index (χ3v) is 2.54. The molecule has 13 heavy (non-hydrogen) atoms. The van der Waals surface area contributed by atoms with Gasteiger partial charge in [-0.1, -0.05) is 27.7 Å². The molecule has 0 aromatic heterocycles. The minimum Gasteiger partial charge on any atom is -0.393 e. The Labute approximate surface area is 82.0 Å². The van der Waals surface area contributed by atoms with E-state index in [1.807, 2.05) is 27.7 Å². The first-order valence-corrected chi connectivity index (χ1v) is 5.31. The molecule has 2 heteroatoms. The van der Waals surface area contributed by atoms with Crippen molar-refractivity contribution in [3.8, 4) is 0 Å². The highest BCUT2D eigenvalue weighted by atomic mass is 16.3. The van der Waals surface area contributed by atoms with Crippen LogP contribution in [0.3, 0.4) is 0 Å². The van der Waals surface area contributed by atoms with Gasteiger partial charge in [0.1, 0.15) is 0 Å². The summed E-state index contributed by atoms with van der Waals surface area (Å²) in [6, 6.07) is 0. The minimum atomic E-state index is -0.209. The first-order valence-electron chi connectivity index (χ1n) is 5.31. The van der Waals surface area contributed by atoms with Crippen LogP contribution in [0.4, 0.5) is 0 Å². The standard InChI is InChI=1S/C11H24O2/c1-8(2)10(12)6-5-7-11(13)9(3)4/h8-13H,5-7H2,1-4H3/t10-,11+. The second-order valence-corrected chi connectivity index (χ2v) is 4.55. The molecular formula is C11H24O2. The maximum atomic E-state index is 9.50. The van der Waals surface area contributed by atoms with Crippen molar-refractivity contribution in [2.45, 2.75) is 59.2 Å². The lowest BCUT2D eigenvalue weighted by molar-refractivity contribution is 0.0876. The molecule has 0 unspecified atom stereocenters. The van der Waals surface area contributed by atoms with Gasteiger partial charge in [-0.25, -0.2) is 0 Å². The number of aliphatic hydroxyl groups is 2. The molecule has 0 heterocycles. The molecule has 2 N–H and O–H groups in total. The molecule has 0 aliphatic rings. The monoisotopic (exact) mass is 188 g/mol. The van der Waals surface area contributed by atoms with Crippen LogP contribution in [0.15, 0.2) is 0 Å². The van der Waals surface area contributed by atoms with Gasteiger partial charge in [-0.15, -0.1) is 0 Å². The maximum absolute atomic E-state index is 9.50. The van der Waals surface area contributed by atoms with E-state index in [9.17, 15) is 10.2 Å². The third kappa shape index (κ3) is 6.05. The van der Waals surface area contributed by atoms with Crippen molar-refractivity contribution in [1.29, 1.82) is 0 Å². The Balaban J connectivity index is 3.45. The van der Waals surface area contributed by atoms with Gasteiger partial charge in [-0.05, 0) is 31.1 Å². The van der Waals surface area contributed by atoms with E-state index >= 15 is 0 Å². The van der Waals surface area contributed by atoms with Crippen LogP contribution < -0.4 is 0 Å². The second-order valence-electron chi connectivity index (χ2n) is 4.55. The third-order valence-electron chi connectivity index (χ3n) is 2.54. The molecule has 0 spiro atoms. The van der Waals surface area contributed by atoms with Crippen LogP contribution in [0.2, 0.25) is 0 Å². The summed E-state index contributed by atoms with van der Waals surface area (Å²) >= 11 is 0. The van der Waals surface area contributed by atoms with Crippen molar-refractivity contribution in [2.75, 3.05) is 0 Å². The van der Waals surface area contributed by atoms with E-state index in [1.54, 1.807) is 0 Å². The van der Waals surface area contributed by atoms with Gasteiger partial charge in [0.05, 0.1) is 12.2 Å². The van der Waals surface area contributed by atoms with Crippen molar-refractivity contribution in [3.63, 3.8) is 0 Å². The van der Waals surface area contributed by atoms with Crippen molar-refractivity contribution in [3.05, 3.63) is 0 Å². The molecule has 0 bridgehead atoms. The lowest BCUT2D eigenvalue weighted by Gasteiger charge is -2.17. The summed E-state index contributed by atoms with van der Waals surface area (Å²) in [4.78, 5) is 0. The summed E-state index contributed by atoms with van der Waals surface area (Å²) < 4.78 is 0. The average Bonchev–Trinajstić information content (AvgIpc) is 2.03. The number of aliphatic hydroxyl groups excluding tert-OH is 2. The van der Waals surface area contributed by atoms with Crippen LogP contribution in [0.5, 0.6) is 0 Å². The van der Waals surface area contributed by atoms with Gasteiger partial charge >= 0.3 is 0 Å². The van der Waals surface area contributed by atoms with Gasteiger partial charge in [0.2, 0.25) is 0 Å². The topological polar surface area (TPSA) is 40.5 Å². The normalized spacial score (nSPS) is 16.6. The smallest absolute Gasteiger partial charge is 0.0563 e. The van der Waals surface area contributed by atoms with Gasteiger partial charge in [-0.2, -0.15) is 0 Å². The lowest BCUT2D eigenvalue weighted by atomic mass is 9.97. The fraction of sp³-hybridized carbons (Fsp3) is 1.00. The van der Waals surface area contributed by atoms with Gasteiger partial charge in [0, 0.05) is 0 Å². The van der Waals surface area contributed by atoms with Crippen LogP contribution >= 0.6 is 0 Å². The van der Waals surface area contributed by atoms with Gasteiger partial charge in [0.15, 0.2) is 0 Å². The van der Waals surface area contributed by atoms with Crippen LogP contribution in [-0.4, -0.2) is 22.4 Å². The zero-order valence-electron chi connectivity index (χ0n) is 9.33. The molecule has 0 aromatic carbocycles. The maximum Gasteiger partial charge on any atom is 0.0563 e. The molecule has 0 aromatic rings. The molecule has 0 rings (SSSR count). The van der Waals surface area contributed by atoms with Gasteiger partial charge in [0.25, 0.3) is 0 Å². The van der Waals surface area contributed by atoms with Crippen LogP contribution in [0.25, 0.3) is 0 Å². The van der Waals surface area contributed by atoms with E-state index in [2.05, 4.69) is 0 Å². The van der Waals surface area contributed by atoms with Crippen LogP contribution in [0, 0.1) is 11.8 Å². The van der Waals surface area contributed by atoms with E-state index in [4.69, 9.17) is 0 Å². The SMILES string of the molecule is CC(C)[C@H](O)CCC[C@H](O)C(C)C. The first kappa shape index (κ1) is 12.9. The molecule has 0 aliphatic carbocycles. The minimum absolute atomic E-state index is 0.209. The lowest BCUT2D eigenvalue weighted by Crippen LogP contribution is -2.18. The van der Waals surface area contributed by atoms with Gasteiger partial charge in [-0.3, -0.25) is 0 Å². The van der Waals surface area contributed by atoms with Gasteiger partial charge < -0.3 is 10.2 Å². The fourth-order valence-corrected chi connectivity index (χ4v) is 1.20. The summed E-state index contributed by atoms with van der Waals surface area (Å²) in [6.07, 6.45) is 2.11. The molecule has 0 saturated heterocycles. The molecule has 0 aliphatic heterocycles. The van der Waals surface area contributed by atoms with E-state index in [-0.39, 0.29) is 12.2 Å². The highest BCUT2D eigenvalue weighted by Crippen LogP contribution is 2.14. The molecule has 0 fully saturated rings. The largest absolute Gasteiger partial charge is 0.393 e. The summed E-state index contributed by atoms with van der Waals surface area (Å²) in [7, 11) is 0. The predicted molar refractivity (Wildman–Crippen MR) is 55.5 cm³/mol. The molecule has 0 radical (unpaired) electrons. The Morgan fingerprint density at radius 1 is 0.769 bits per heavy atom. The fourth-order valence-electron chi connectivity index (χ4n) is 1.20. The molecule has 0 amide bonds. The van der Waals surface area contributed by atoms with Crippen molar-refractivity contribution < 1.29 is 10.2 Å². The molecule has 0 saturated carbocycles. The second kappa shape index (κ2) is 6.39. The van der Waals surface area contributed by atoms with Crippen molar-refractivity contribution >= 4 is 0 Å². The summed E-state index contributed by atoms with van der Waals surface area (Å²) in [6.45, 7) is 8.07. The van der Waals surface area contributed by atoms with Crippen LogP contribution in [-0.2, 0) is 0 Å². The van der Waals surface area contributed by atoms with E-state index < -0.39 is 0 Å². The molecule has 2 atom stereocenters. The van der Waals surface area contributed by atoms with Crippen molar-refractivity contribution in [1.82, 2.24) is 0 Å². The number of hydrogen-bond acceptors (Lipinski definition) is 2. The Kier molecular flexibility index (Phi) is 6.35. The molecular weight excluding hydrogens is 164 g/mol. The predicted octanol–water partition coefficient (Wildman–Crippen LogP) is 2.19. The zero-order chi connectivity index (χ0) is 10.4. The van der Waals surface area contributed by atoms with E-state index in [0.29, 0.717) is 11.8 Å². The molecule has 80 valence electrons. The number of rotatable bonds is 6. The quantitative estimate of drug-likeness (QED) is 0.671. The Bertz CT molecular complexity index is 107. The Morgan fingerprint density at radius 2 is 1.08 bits per heavy atom. The van der Waals surface area contributed by atoms with Crippen molar-refractivity contribution in [2.24, 2.45) is 11.8 Å². The summed E-state index contributed by atoms with van der Waals surface area (Å²) in [5.41, 5.74) is 0. The van der Waals surface area contributed by atoms with E-state index in [0.717, 1.165) is 19.3 Å². The highest BCUT2D eigenvalue weighted by molar-refractivity contribution is 4.64. The summed E-state index contributed by atoms with van der Waals surface area (Å²) in [5, 5.41) is 19.0. The number of hydrogen-bond donors (Lipinski definition) is 2. The highest BCUT2D eigenvalue weighted by Gasteiger charge is 2.12. The molecule has 2 nitrogen and oxygen atoms in total. The Hall–Kier alpha value is -0.0800. The average molecular weight is 188 g/mol.